The summed E-state index contributed by atoms with van der Waals surface area (Å²) in [6.45, 7) is 6.75. The third-order valence-corrected chi connectivity index (χ3v) is 3.92. The van der Waals surface area contributed by atoms with Crippen LogP contribution >= 0.6 is 11.3 Å². The van der Waals surface area contributed by atoms with Gasteiger partial charge in [0.2, 0.25) is 0 Å². The SMILES string of the molecule is Cc1nc(-c2ccc(F)cc2F)sc1CNC(C)C. The number of halogens is 2. The Bertz CT molecular complexity index is 579. The zero-order valence-electron chi connectivity index (χ0n) is 11.1. The van der Waals surface area contributed by atoms with E-state index in [1.165, 1.54) is 23.5 Å². The fraction of sp³-hybridized carbons (Fsp3) is 0.357. The lowest BCUT2D eigenvalue weighted by Crippen LogP contribution is -2.21. The molecule has 0 atom stereocenters. The fourth-order valence-corrected chi connectivity index (χ4v) is 2.71. The van der Waals surface area contributed by atoms with E-state index in [9.17, 15) is 8.78 Å². The van der Waals surface area contributed by atoms with Gasteiger partial charge in [-0.1, -0.05) is 13.8 Å². The summed E-state index contributed by atoms with van der Waals surface area (Å²) < 4.78 is 26.6. The second-order valence-corrected chi connectivity index (χ2v) is 5.77. The van der Waals surface area contributed by atoms with Crippen molar-refractivity contribution < 1.29 is 8.78 Å². The number of aryl methyl sites for hydroxylation is 1. The van der Waals surface area contributed by atoms with Gasteiger partial charge in [-0.05, 0) is 19.1 Å². The first-order valence-corrected chi connectivity index (χ1v) is 6.94. The van der Waals surface area contributed by atoms with Crippen molar-refractivity contribution in [3.8, 4) is 10.6 Å². The number of hydrogen-bond acceptors (Lipinski definition) is 3. The average Bonchev–Trinajstić information content (AvgIpc) is 2.67. The number of hydrogen-bond donors (Lipinski definition) is 1. The van der Waals surface area contributed by atoms with Crippen LogP contribution in [0.25, 0.3) is 10.6 Å². The lowest BCUT2D eigenvalue weighted by molar-refractivity contribution is 0.585. The largest absolute Gasteiger partial charge is 0.310 e. The summed E-state index contributed by atoms with van der Waals surface area (Å²) in [7, 11) is 0. The molecule has 19 heavy (non-hydrogen) atoms. The molecule has 5 heteroatoms. The Kier molecular flexibility index (Phi) is 4.27. The van der Waals surface area contributed by atoms with Crippen LogP contribution in [0.3, 0.4) is 0 Å². The average molecular weight is 282 g/mol. The Hall–Kier alpha value is -1.33. The molecule has 1 N–H and O–H groups in total. The van der Waals surface area contributed by atoms with Crippen LogP contribution in [0.1, 0.15) is 24.4 Å². The van der Waals surface area contributed by atoms with Crippen molar-refractivity contribution in [2.75, 3.05) is 0 Å². The number of nitrogens with one attached hydrogen (secondary N) is 1. The highest BCUT2D eigenvalue weighted by atomic mass is 32.1. The van der Waals surface area contributed by atoms with Gasteiger partial charge in [0.05, 0.1) is 5.69 Å². The molecule has 0 aliphatic carbocycles. The van der Waals surface area contributed by atoms with Gasteiger partial charge in [0, 0.05) is 29.1 Å². The van der Waals surface area contributed by atoms with E-state index < -0.39 is 11.6 Å². The van der Waals surface area contributed by atoms with E-state index in [-0.39, 0.29) is 0 Å². The molecule has 0 amide bonds. The molecule has 2 nitrogen and oxygen atoms in total. The van der Waals surface area contributed by atoms with E-state index in [4.69, 9.17) is 0 Å². The molecule has 0 aliphatic rings. The predicted molar refractivity (Wildman–Crippen MR) is 74.2 cm³/mol. The van der Waals surface area contributed by atoms with E-state index >= 15 is 0 Å². The molecule has 102 valence electrons. The minimum absolute atomic E-state index is 0.352. The molecule has 0 fully saturated rings. The predicted octanol–water partition coefficient (Wildman–Crippen LogP) is 3.89. The molecule has 0 bridgehead atoms. The van der Waals surface area contributed by atoms with Gasteiger partial charge >= 0.3 is 0 Å². The second-order valence-electron chi connectivity index (χ2n) is 4.69. The molecule has 1 aromatic heterocycles. The standard InChI is InChI=1S/C14H16F2N2S/c1-8(2)17-7-13-9(3)18-14(19-13)11-5-4-10(15)6-12(11)16/h4-6,8,17H,7H2,1-3H3. The van der Waals surface area contributed by atoms with E-state index in [0.29, 0.717) is 23.2 Å². The van der Waals surface area contributed by atoms with Crippen LogP contribution in [0.4, 0.5) is 8.78 Å². The molecule has 1 aromatic carbocycles. The first-order chi connectivity index (χ1) is 8.97. The molecule has 0 unspecified atom stereocenters. The maximum absolute atomic E-state index is 13.7. The van der Waals surface area contributed by atoms with Crippen molar-refractivity contribution >= 4 is 11.3 Å². The Morgan fingerprint density at radius 3 is 2.68 bits per heavy atom. The zero-order chi connectivity index (χ0) is 14.0. The molecule has 2 rings (SSSR count). The van der Waals surface area contributed by atoms with Gasteiger partial charge in [-0.2, -0.15) is 0 Å². The summed E-state index contributed by atoms with van der Waals surface area (Å²) in [4.78, 5) is 5.44. The molecular formula is C14H16F2N2S. The maximum atomic E-state index is 13.7. The summed E-state index contributed by atoms with van der Waals surface area (Å²) in [6.07, 6.45) is 0. The van der Waals surface area contributed by atoms with Gasteiger partial charge < -0.3 is 5.32 Å². The summed E-state index contributed by atoms with van der Waals surface area (Å²) in [6, 6.07) is 3.95. The first-order valence-electron chi connectivity index (χ1n) is 6.12. The van der Waals surface area contributed by atoms with Crippen LogP contribution in [0.2, 0.25) is 0 Å². The minimum atomic E-state index is -0.573. The molecule has 0 aliphatic heterocycles. The molecule has 1 heterocycles. The summed E-state index contributed by atoms with van der Waals surface area (Å²) >= 11 is 1.44. The second kappa shape index (κ2) is 5.75. The van der Waals surface area contributed by atoms with E-state index in [1.807, 2.05) is 6.92 Å². The summed E-state index contributed by atoms with van der Waals surface area (Å²) in [5.41, 5.74) is 1.24. The van der Waals surface area contributed by atoms with Crippen LogP contribution in [-0.4, -0.2) is 11.0 Å². The van der Waals surface area contributed by atoms with Crippen LogP contribution in [-0.2, 0) is 6.54 Å². The third kappa shape index (κ3) is 3.36. The van der Waals surface area contributed by atoms with Crippen molar-refractivity contribution in [2.45, 2.75) is 33.4 Å². The van der Waals surface area contributed by atoms with E-state index in [1.54, 1.807) is 0 Å². The molecule has 0 radical (unpaired) electrons. The summed E-state index contributed by atoms with van der Waals surface area (Å²) in [5, 5.41) is 3.90. The van der Waals surface area contributed by atoms with Crippen LogP contribution in [0, 0.1) is 18.6 Å². The van der Waals surface area contributed by atoms with Crippen LogP contribution in [0.5, 0.6) is 0 Å². The van der Waals surface area contributed by atoms with Crippen molar-refractivity contribution in [1.82, 2.24) is 10.3 Å². The quantitative estimate of drug-likeness (QED) is 0.920. The Labute approximate surface area is 115 Å². The van der Waals surface area contributed by atoms with E-state index in [0.717, 1.165) is 16.6 Å². The van der Waals surface area contributed by atoms with Crippen molar-refractivity contribution in [2.24, 2.45) is 0 Å². The fourth-order valence-electron chi connectivity index (χ4n) is 1.67. The first kappa shape index (κ1) is 14.1. The van der Waals surface area contributed by atoms with Crippen LogP contribution in [0.15, 0.2) is 18.2 Å². The monoisotopic (exact) mass is 282 g/mol. The maximum Gasteiger partial charge on any atom is 0.136 e. The van der Waals surface area contributed by atoms with Gasteiger partial charge in [0.15, 0.2) is 0 Å². The normalized spacial score (nSPS) is 11.3. The number of nitrogens with zero attached hydrogens (tertiary/aromatic N) is 1. The van der Waals surface area contributed by atoms with Crippen LogP contribution < -0.4 is 5.32 Å². The smallest absolute Gasteiger partial charge is 0.136 e. The van der Waals surface area contributed by atoms with Gasteiger partial charge in [-0.15, -0.1) is 11.3 Å². The van der Waals surface area contributed by atoms with Crippen molar-refractivity contribution in [3.05, 3.63) is 40.4 Å². The number of rotatable bonds is 4. The van der Waals surface area contributed by atoms with E-state index in [2.05, 4.69) is 24.1 Å². The van der Waals surface area contributed by atoms with Gasteiger partial charge in [0.1, 0.15) is 16.6 Å². The topological polar surface area (TPSA) is 24.9 Å². The van der Waals surface area contributed by atoms with Crippen molar-refractivity contribution in [1.29, 1.82) is 0 Å². The Balaban J connectivity index is 2.28. The molecular weight excluding hydrogens is 266 g/mol. The molecule has 0 saturated heterocycles. The van der Waals surface area contributed by atoms with Gasteiger partial charge in [-0.3, -0.25) is 0 Å². The third-order valence-electron chi connectivity index (χ3n) is 2.73. The number of benzene rings is 1. The zero-order valence-corrected chi connectivity index (χ0v) is 11.9. The molecule has 2 aromatic rings. The summed E-state index contributed by atoms with van der Waals surface area (Å²) in [5.74, 6) is -1.15. The van der Waals surface area contributed by atoms with Gasteiger partial charge in [-0.25, -0.2) is 13.8 Å². The van der Waals surface area contributed by atoms with Crippen molar-refractivity contribution in [3.63, 3.8) is 0 Å². The Morgan fingerprint density at radius 2 is 2.05 bits per heavy atom. The molecule has 0 spiro atoms. The molecule has 0 saturated carbocycles. The highest BCUT2D eigenvalue weighted by molar-refractivity contribution is 7.15. The minimum Gasteiger partial charge on any atom is -0.310 e. The highest BCUT2D eigenvalue weighted by Crippen LogP contribution is 2.30. The lowest BCUT2D eigenvalue weighted by Gasteiger charge is -2.05. The van der Waals surface area contributed by atoms with Gasteiger partial charge in [0.25, 0.3) is 0 Å². The Morgan fingerprint density at radius 1 is 1.32 bits per heavy atom. The number of aromatic nitrogens is 1. The highest BCUT2D eigenvalue weighted by Gasteiger charge is 2.13. The lowest BCUT2D eigenvalue weighted by atomic mass is 10.2. The number of thiazole rings is 1.